The standard InChI is InChI=1S/C31H31F4N5O4/c32-19-2-4-21-24(13-19)44-37-28(21)17-7-11-39(12-8-17)25-9-10-38(16-31(25,34)35)14-18-1-3-20-22(27(18)33)15-40(30(20)43)23-5-6-26(41)36-29(23)42/h1-4,13,17,23,25H,5-12,14-16H2,(H,36,41,42). The summed E-state index contributed by atoms with van der Waals surface area (Å²) in [7, 11) is 0. The van der Waals surface area contributed by atoms with E-state index in [4.69, 9.17) is 4.52 Å². The maximum absolute atomic E-state index is 15.6. The zero-order valence-electron chi connectivity index (χ0n) is 23.8. The monoisotopic (exact) mass is 613 g/mol. The molecule has 0 radical (unpaired) electrons. The molecule has 4 aliphatic heterocycles. The highest BCUT2D eigenvalue weighted by Gasteiger charge is 2.48. The lowest BCUT2D eigenvalue weighted by Gasteiger charge is -2.45. The van der Waals surface area contributed by atoms with E-state index < -0.39 is 53.9 Å². The number of amides is 3. The molecule has 1 N–H and O–H groups in total. The molecule has 13 heteroatoms. The number of benzene rings is 2. The summed E-state index contributed by atoms with van der Waals surface area (Å²) in [5.41, 5.74) is 1.62. The first-order chi connectivity index (χ1) is 21.1. The van der Waals surface area contributed by atoms with Crippen molar-refractivity contribution < 1.29 is 36.5 Å². The van der Waals surface area contributed by atoms with Gasteiger partial charge in [-0.05, 0) is 57.0 Å². The molecular weight excluding hydrogens is 582 g/mol. The highest BCUT2D eigenvalue weighted by atomic mass is 19.3. The molecule has 3 fully saturated rings. The van der Waals surface area contributed by atoms with Crippen LogP contribution in [0.2, 0.25) is 0 Å². The van der Waals surface area contributed by atoms with Crippen LogP contribution in [0, 0.1) is 11.6 Å². The first-order valence-electron chi connectivity index (χ1n) is 14.9. The predicted octanol–water partition coefficient (Wildman–Crippen LogP) is 3.96. The summed E-state index contributed by atoms with van der Waals surface area (Å²) >= 11 is 0. The van der Waals surface area contributed by atoms with Crippen molar-refractivity contribution in [1.29, 1.82) is 0 Å². The van der Waals surface area contributed by atoms with E-state index in [9.17, 15) is 18.8 Å². The van der Waals surface area contributed by atoms with Gasteiger partial charge in [0.15, 0.2) is 5.58 Å². The zero-order chi connectivity index (χ0) is 30.7. The smallest absolute Gasteiger partial charge is 0.275 e. The summed E-state index contributed by atoms with van der Waals surface area (Å²) < 4.78 is 65.6. The Hall–Kier alpha value is -3.84. The second-order valence-electron chi connectivity index (χ2n) is 12.3. The number of aromatic nitrogens is 1. The molecule has 0 saturated carbocycles. The highest BCUT2D eigenvalue weighted by Crippen LogP contribution is 2.38. The summed E-state index contributed by atoms with van der Waals surface area (Å²) in [6, 6.07) is 5.44. The normalized spacial score (nSPS) is 25.1. The van der Waals surface area contributed by atoms with Crippen molar-refractivity contribution in [3.63, 3.8) is 0 Å². The SMILES string of the molecule is O=C1CCC(N2Cc3c(ccc(CN4CCC(N5CCC(c6noc7cc(F)ccc67)CC5)C(F)(F)C4)c3F)C2=O)C(=O)N1. The van der Waals surface area contributed by atoms with Crippen LogP contribution < -0.4 is 5.32 Å². The Bertz CT molecular complexity index is 1650. The largest absolute Gasteiger partial charge is 0.356 e. The first-order valence-corrected chi connectivity index (χ1v) is 14.9. The van der Waals surface area contributed by atoms with Crippen LogP contribution in [0.4, 0.5) is 17.6 Å². The van der Waals surface area contributed by atoms with Gasteiger partial charge in [0.25, 0.3) is 11.8 Å². The number of nitrogens with one attached hydrogen (secondary N) is 1. The van der Waals surface area contributed by atoms with Crippen LogP contribution in [0.15, 0.2) is 34.9 Å². The highest BCUT2D eigenvalue weighted by molar-refractivity contribution is 6.05. The topological polar surface area (TPSA) is 99.0 Å². The molecule has 44 heavy (non-hydrogen) atoms. The minimum atomic E-state index is -3.02. The van der Waals surface area contributed by atoms with Crippen LogP contribution in [0.25, 0.3) is 11.0 Å². The second kappa shape index (κ2) is 11.0. The summed E-state index contributed by atoms with van der Waals surface area (Å²) in [5.74, 6) is -5.49. The number of alkyl halides is 2. The maximum Gasteiger partial charge on any atom is 0.275 e. The number of rotatable bonds is 5. The van der Waals surface area contributed by atoms with E-state index in [0.29, 0.717) is 38.1 Å². The van der Waals surface area contributed by atoms with Gasteiger partial charge in [-0.1, -0.05) is 11.2 Å². The summed E-state index contributed by atoms with van der Waals surface area (Å²) in [6.07, 6.45) is 1.74. The molecule has 2 unspecified atom stereocenters. The van der Waals surface area contributed by atoms with E-state index in [1.807, 2.05) is 4.90 Å². The van der Waals surface area contributed by atoms with Gasteiger partial charge in [0.2, 0.25) is 11.8 Å². The maximum atomic E-state index is 15.6. The van der Waals surface area contributed by atoms with Crippen LogP contribution in [0.5, 0.6) is 0 Å². The number of fused-ring (bicyclic) bond motifs is 2. The fourth-order valence-corrected chi connectivity index (χ4v) is 7.31. The number of likely N-dealkylation sites (tertiary alicyclic amines) is 2. The lowest BCUT2D eigenvalue weighted by molar-refractivity contribution is -0.137. The van der Waals surface area contributed by atoms with E-state index in [1.165, 1.54) is 29.2 Å². The van der Waals surface area contributed by atoms with Gasteiger partial charge in [-0.3, -0.25) is 29.5 Å². The van der Waals surface area contributed by atoms with Gasteiger partial charge in [0, 0.05) is 53.6 Å². The Balaban J connectivity index is 0.980. The Morgan fingerprint density at radius 2 is 1.80 bits per heavy atom. The van der Waals surface area contributed by atoms with Gasteiger partial charge >= 0.3 is 0 Å². The van der Waals surface area contributed by atoms with E-state index >= 15 is 13.2 Å². The molecular formula is C31H31F4N5O4. The van der Waals surface area contributed by atoms with Crippen molar-refractivity contribution in [2.45, 2.75) is 69.1 Å². The third-order valence-corrected chi connectivity index (χ3v) is 9.58. The summed E-state index contributed by atoms with van der Waals surface area (Å²) in [4.78, 5) is 41.4. The predicted molar refractivity (Wildman–Crippen MR) is 149 cm³/mol. The number of imide groups is 1. The first kappa shape index (κ1) is 28.9. The molecule has 7 rings (SSSR count). The molecule has 1 aromatic heterocycles. The molecule has 232 valence electrons. The second-order valence-corrected chi connectivity index (χ2v) is 12.3. The van der Waals surface area contributed by atoms with Crippen LogP contribution in [-0.2, 0) is 22.7 Å². The molecule has 3 amide bonds. The van der Waals surface area contributed by atoms with E-state index in [1.54, 1.807) is 11.0 Å². The zero-order valence-corrected chi connectivity index (χ0v) is 23.8. The number of nitrogens with zero attached hydrogens (tertiary/aromatic N) is 4. The lowest BCUT2D eigenvalue weighted by atomic mass is 9.89. The third-order valence-electron chi connectivity index (χ3n) is 9.58. The Morgan fingerprint density at radius 1 is 1.00 bits per heavy atom. The molecule has 5 heterocycles. The number of carbonyl (C=O) groups excluding carboxylic acids is 3. The third kappa shape index (κ3) is 5.05. The molecule has 3 saturated heterocycles. The van der Waals surface area contributed by atoms with Gasteiger partial charge in [-0.15, -0.1) is 0 Å². The van der Waals surface area contributed by atoms with Gasteiger partial charge in [-0.2, -0.15) is 0 Å². The Labute approximate surface area is 250 Å². The minimum absolute atomic E-state index is 0.0318. The van der Waals surface area contributed by atoms with Gasteiger partial charge < -0.3 is 9.42 Å². The minimum Gasteiger partial charge on any atom is -0.356 e. The summed E-state index contributed by atoms with van der Waals surface area (Å²) in [5, 5.41) is 7.11. The lowest BCUT2D eigenvalue weighted by Crippen LogP contribution is -2.59. The Morgan fingerprint density at radius 3 is 2.55 bits per heavy atom. The van der Waals surface area contributed by atoms with Crippen molar-refractivity contribution in [2.75, 3.05) is 26.2 Å². The van der Waals surface area contributed by atoms with Crippen LogP contribution >= 0.6 is 0 Å². The summed E-state index contributed by atoms with van der Waals surface area (Å²) in [6.45, 7) is 0.632. The van der Waals surface area contributed by atoms with Crippen molar-refractivity contribution >= 4 is 28.7 Å². The number of hydrogen-bond donors (Lipinski definition) is 1. The number of hydrogen-bond acceptors (Lipinski definition) is 7. The fraction of sp³-hybridized carbons (Fsp3) is 0.484. The average Bonchev–Trinajstić information content (AvgIpc) is 3.55. The molecule has 0 aliphatic carbocycles. The van der Waals surface area contributed by atoms with Gasteiger partial charge in [0.05, 0.1) is 24.8 Å². The molecule has 9 nitrogen and oxygen atoms in total. The van der Waals surface area contributed by atoms with E-state index in [2.05, 4.69) is 10.5 Å². The average molecular weight is 614 g/mol. The van der Waals surface area contributed by atoms with E-state index in [0.717, 1.165) is 11.1 Å². The quantitative estimate of drug-likeness (QED) is 0.344. The van der Waals surface area contributed by atoms with Crippen LogP contribution in [-0.4, -0.2) is 81.8 Å². The molecule has 4 aliphatic rings. The van der Waals surface area contributed by atoms with Crippen LogP contribution in [0.1, 0.15) is 65.2 Å². The van der Waals surface area contributed by atoms with Crippen molar-refractivity contribution in [3.05, 3.63) is 64.4 Å². The number of carbonyl (C=O) groups is 3. The van der Waals surface area contributed by atoms with E-state index in [-0.39, 0.29) is 55.0 Å². The number of halogens is 4. The number of piperidine rings is 3. The molecule has 3 aromatic rings. The van der Waals surface area contributed by atoms with Crippen molar-refractivity contribution in [3.8, 4) is 0 Å². The molecule has 2 aromatic carbocycles. The Kier molecular flexibility index (Phi) is 7.19. The molecule has 0 spiro atoms. The fourth-order valence-electron chi connectivity index (χ4n) is 7.31. The van der Waals surface area contributed by atoms with Gasteiger partial charge in [0.1, 0.15) is 17.7 Å². The van der Waals surface area contributed by atoms with Crippen LogP contribution in [0.3, 0.4) is 0 Å². The molecule has 0 bridgehead atoms. The molecule has 2 atom stereocenters. The van der Waals surface area contributed by atoms with Gasteiger partial charge in [-0.25, -0.2) is 17.6 Å². The van der Waals surface area contributed by atoms with Crippen molar-refractivity contribution in [2.24, 2.45) is 0 Å². The van der Waals surface area contributed by atoms with Crippen molar-refractivity contribution in [1.82, 2.24) is 25.2 Å².